The lowest BCUT2D eigenvalue weighted by Crippen LogP contribution is -2.34. The first-order valence-electron chi connectivity index (χ1n) is 5.29. The van der Waals surface area contributed by atoms with Gasteiger partial charge in [-0.2, -0.15) is 0 Å². The molecule has 0 saturated carbocycles. The van der Waals surface area contributed by atoms with Crippen molar-refractivity contribution in [1.29, 1.82) is 0 Å². The van der Waals surface area contributed by atoms with Crippen molar-refractivity contribution in [3.05, 3.63) is 0 Å². The number of carbonyl (C=O) groups excluding carboxylic acids is 1. The number of hydrogen-bond acceptors (Lipinski definition) is 4. The molecule has 0 bridgehead atoms. The van der Waals surface area contributed by atoms with Crippen LogP contribution < -0.4 is 5.32 Å². The SMILES string of the molecule is CCOC(=O)CN[C@@H]1CCCOCC1. The smallest absolute Gasteiger partial charge is 0.319 e. The van der Waals surface area contributed by atoms with Crippen molar-refractivity contribution in [2.45, 2.75) is 32.2 Å². The Morgan fingerprint density at radius 2 is 2.36 bits per heavy atom. The van der Waals surface area contributed by atoms with Crippen molar-refractivity contribution in [3.8, 4) is 0 Å². The van der Waals surface area contributed by atoms with Gasteiger partial charge in [0.1, 0.15) is 0 Å². The van der Waals surface area contributed by atoms with Crippen molar-refractivity contribution in [2.24, 2.45) is 0 Å². The fourth-order valence-corrected chi connectivity index (χ4v) is 1.55. The minimum atomic E-state index is -0.169. The van der Waals surface area contributed by atoms with Crippen molar-refractivity contribution < 1.29 is 14.3 Å². The highest BCUT2D eigenvalue weighted by Crippen LogP contribution is 2.07. The van der Waals surface area contributed by atoms with Crippen molar-refractivity contribution in [1.82, 2.24) is 5.32 Å². The maximum absolute atomic E-state index is 11.1. The van der Waals surface area contributed by atoms with Crippen LogP contribution in [0.5, 0.6) is 0 Å². The molecule has 0 aromatic heterocycles. The van der Waals surface area contributed by atoms with Gasteiger partial charge in [0.2, 0.25) is 0 Å². The van der Waals surface area contributed by atoms with E-state index >= 15 is 0 Å². The van der Waals surface area contributed by atoms with Gasteiger partial charge in [-0.25, -0.2) is 0 Å². The molecular weight excluding hydrogens is 182 g/mol. The lowest BCUT2D eigenvalue weighted by molar-refractivity contribution is -0.142. The fourth-order valence-electron chi connectivity index (χ4n) is 1.55. The second-order valence-corrected chi connectivity index (χ2v) is 3.43. The summed E-state index contributed by atoms with van der Waals surface area (Å²) in [5.74, 6) is -0.169. The Morgan fingerprint density at radius 1 is 1.50 bits per heavy atom. The Labute approximate surface area is 85.0 Å². The lowest BCUT2D eigenvalue weighted by Gasteiger charge is -2.14. The van der Waals surface area contributed by atoms with Gasteiger partial charge < -0.3 is 14.8 Å². The summed E-state index contributed by atoms with van der Waals surface area (Å²) in [5, 5.41) is 3.19. The fraction of sp³-hybridized carbons (Fsp3) is 0.900. The number of nitrogens with one attached hydrogen (secondary N) is 1. The lowest BCUT2D eigenvalue weighted by atomic mass is 10.1. The third-order valence-electron chi connectivity index (χ3n) is 2.29. The Balaban J connectivity index is 2.12. The van der Waals surface area contributed by atoms with E-state index < -0.39 is 0 Å². The van der Waals surface area contributed by atoms with Crippen LogP contribution in [0.3, 0.4) is 0 Å². The van der Waals surface area contributed by atoms with E-state index in [1.54, 1.807) is 0 Å². The van der Waals surface area contributed by atoms with E-state index in [0.29, 0.717) is 19.2 Å². The average molecular weight is 201 g/mol. The van der Waals surface area contributed by atoms with Crippen LogP contribution in [0.15, 0.2) is 0 Å². The number of carbonyl (C=O) groups is 1. The highest BCUT2D eigenvalue weighted by Gasteiger charge is 2.13. The van der Waals surface area contributed by atoms with Crippen LogP contribution in [0.4, 0.5) is 0 Å². The van der Waals surface area contributed by atoms with Gasteiger partial charge >= 0.3 is 5.97 Å². The van der Waals surface area contributed by atoms with Crippen LogP contribution in [0.2, 0.25) is 0 Å². The Morgan fingerprint density at radius 3 is 3.14 bits per heavy atom. The molecular formula is C10H19NO3. The van der Waals surface area contributed by atoms with E-state index in [4.69, 9.17) is 9.47 Å². The van der Waals surface area contributed by atoms with Crippen LogP contribution in [0.1, 0.15) is 26.2 Å². The van der Waals surface area contributed by atoms with Crippen LogP contribution >= 0.6 is 0 Å². The quantitative estimate of drug-likeness (QED) is 0.680. The normalized spacial score (nSPS) is 22.8. The van der Waals surface area contributed by atoms with E-state index in [9.17, 15) is 4.79 Å². The van der Waals surface area contributed by atoms with Gasteiger partial charge in [0, 0.05) is 19.3 Å². The molecule has 1 aliphatic heterocycles. The molecule has 4 nitrogen and oxygen atoms in total. The molecule has 0 aromatic carbocycles. The first kappa shape index (κ1) is 11.5. The summed E-state index contributed by atoms with van der Waals surface area (Å²) < 4.78 is 10.2. The monoisotopic (exact) mass is 201 g/mol. The van der Waals surface area contributed by atoms with E-state index in [-0.39, 0.29) is 5.97 Å². The van der Waals surface area contributed by atoms with E-state index in [0.717, 1.165) is 32.5 Å². The summed E-state index contributed by atoms with van der Waals surface area (Å²) in [6.07, 6.45) is 3.14. The predicted octanol–water partition coefficient (Wildman–Crippen LogP) is 0.708. The molecule has 1 atom stereocenters. The second-order valence-electron chi connectivity index (χ2n) is 3.43. The van der Waals surface area contributed by atoms with Gasteiger partial charge in [0.25, 0.3) is 0 Å². The van der Waals surface area contributed by atoms with Gasteiger partial charge in [-0.05, 0) is 26.2 Å². The first-order chi connectivity index (χ1) is 6.83. The Bertz CT molecular complexity index is 165. The molecule has 1 fully saturated rings. The zero-order valence-corrected chi connectivity index (χ0v) is 8.75. The van der Waals surface area contributed by atoms with Crippen LogP contribution in [-0.4, -0.2) is 38.4 Å². The molecule has 1 aliphatic rings. The molecule has 0 radical (unpaired) electrons. The van der Waals surface area contributed by atoms with Crippen LogP contribution in [-0.2, 0) is 14.3 Å². The average Bonchev–Trinajstić information content (AvgIpc) is 2.43. The minimum absolute atomic E-state index is 0.169. The summed E-state index contributed by atoms with van der Waals surface area (Å²) in [6.45, 7) is 4.22. The van der Waals surface area contributed by atoms with E-state index in [2.05, 4.69) is 5.32 Å². The zero-order valence-electron chi connectivity index (χ0n) is 8.75. The van der Waals surface area contributed by atoms with Crippen LogP contribution in [0.25, 0.3) is 0 Å². The molecule has 0 aliphatic carbocycles. The van der Waals surface area contributed by atoms with Gasteiger partial charge in [-0.1, -0.05) is 0 Å². The molecule has 1 saturated heterocycles. The predicted molar refractivity (Wildman–Crippen MR) is 53.1 cm³/mol. The maximum atomic E-state index is 11.1. The third-order valence-corrected chi connectivity index (χ3v) is 2.29. The molecule has 1 N–H and O–H groups in total. The van der Waals surface area contributed by atoms with Gasteiger partial charge in [0.05, 0.1) is 13.2 Å². The molecule has 4 heteroatoms. The number of esters is 1. The highest BCUT2D eigenvalue weighted by molar-refractivity contribution is 5.71. The van der Waals surface area contributed by atoms with Crippen molar-refractivity contribution >= 4 is 5.97 Å². The van der Waals surface area contributed by atoms with Gasteiger partial charge in [0.15, 0.2) is 0 Å². The molecule has 1 heterocycles. The van der Waals surface area contributed by atoms with E-state index in [1.165, 1.54) is 0 Å². The van der Waals surface area contributed by atoms with Gasteiger partial charge in [-0.3, -0.25) is 4.79 Å². The zero-order chi connectivity index (χ0) is 10.2. The number of hydrogen-bond donors (Lipinski definition) is 1. The topological polar surface area (TPSA) is 47.6 Å². The largest absolute Gasteiger partial charge is 0.465 e. The summed E-state index contributed by atoms with van der Waals surface area (Å²) in [5.41, 5.74) is 0. The molecule has 82 valence electrons. The Hall–Kier alpha value is -0.610. The molecule has 1 rings (SSSR count). The van der Waals surface area contributed by atoms with Crippen molar-refractivity contribution in [2.75, 3.05) is 26.4 Å². The third kappa shape index (κ3) is 4.58. The standard InChI is InChI=1S/C10H19NO3/c1-2-14-10(12)8-11-9-4-3-6-13-7-5-9/h9,11H,2-8H2,1H3/t9-/m1/s1. The molecule has 0 amide bonds. The molecule has 0 unspecified atom stereocenters. The minimum Gasteiger partial charge on any atom is -0.465 e. The van der Waals surface area contributed by atoms with Gasteiger partial charge in [-0.15, -0.1) is 0 Å². The van der Waals surface area contributed by atoms with Crippen molar-refractivity contribution in [3.63, 3.8) is 0 Å². The summed E-state index contributed by atoms with van der Waals surface area (Å²) in [6, 6.07) is 0.405. The summed E-state index contributed by atoms with van der Waals surface area (Å²) >= 11 is 0. The maximum Gasteiger partial charge on any atom is 0.319 e. The number of rotatable bonds is 4. The highest BCUT2D eigenvalue weighted by atomic mass is 16.5. The summed E-state index contributed by atoms with van der Waals surface area (Å²) in [4.78, 5) is 11.1. The molecule has 0 spiro atoms. The Kier molecular flexibility index (Phi) is 5.56. The second kappa shape index (κ2) is 6.79. The molecule has 14 heavy (non-hydrogen) atoms. The first-order valence-corrected chi connectivity index (χ1v) is 5.29. The van der Waals surface area contributed by atoms with E-state index in [1.807, 2.05) is 6.92 Å². The molecule has 0 aromatic rings. The number of ether oxygens (including phenoxy) is 2. The summed E-state index contributed by atoms with van der Waals surface area (Å²) in [7, 11) is 0. The van der Waals surface area contributed by atoms with Crippen LogP contribution in [0, 0.1) is 0 Å².